The second-order valence-corrected chi connectivity index (χ2v) is 2.86. The third-order valence-electron chi connectivity index (χ3n) is 2.02. The summed E-state index contributed by atoms with van der Waals surface area (Å²) in [6.45, 7) is 0. The molecule has 0 amide bonds. The Morgan fingerprint density at radius 2 is 2.07 bits per heavy atom. The molecule has 0 saturated heterocycles. The van der Waals surface area contributed by atoms with E-state index in [-0.39, 0.29) is 0 Å². The Hall–Kier alpha value is -1.62. The number of hydrogen-bond donors (Lipinski definition) is 0. The highest BCUT2D eigenvalue weighted by atomic mass is 16.5. The van der Waals surface area contributed by atoms with E-state index in [1.807, 2.05) is 18.2 Å². The van der Waals surface area contributed by atoms with Gasteiger partial charge in [0.15, 0.2) is 11.5 Å². The highest BCUT2D eigenvalue weighted by Gasteiger charge is 2.07. The van der Waals surface area contributed by atoms with Crippen molar-refractivity contribution in [2.75, 3.05) is 14.2 Å². The number of para-hydroxylation sites is 1. The molecule has 0 radical (unpaired) electrons. The molecule has 0 bridgehead atoms. The number of hydrogen-bond acceptors (Lipinski definition) is 2. The molecule has 0 aromatic heterocycles. The van der Waals surface area contributed by atoms with Gasteiger partial charge in [0.05, 0.1) is 14.2 Å². The van der Waals surface area contributed by atoms with Crippen LogP contribution in [-0.2, 0) is 6.42 Å². The molecular weight excluding hydrogens is 176 g/mol. The largest absolute Gasteiger partial charge is 0.493 e. The first-order valence-corrected chi connectivity index (χ1v) is 4.46. The van der Waals surface area contributed by atoms with Crippen molar-refractivity contribution in [2.24, 2.45) is 0 Å². The molecule has 2 nitrogen and oxygen atoms in total. The van der Waals surface area contributed by atoms with Gasteiger partial charge in [-0.15, -0.1) is 12.3 Å². The fourth-order valence-corrected chi connectivity index (χ4v) is 1.36. The van der Waals surface area contributed by atoms with Gasteiger partial charge in [-0.25, -0.2) is 0 Å². The van der Waals surface area contributed by atoms with E-state index >= 15 is 0 Å². The van der Waals surface area contributed by atoms with Gasteiger partial charge in [0.25, 0.3) is 0 Å². The molecule has 0 fully saturated rings. The van der Waals surface area contributed by atoms with Crippen LogP contribution < -0.4 is 9.47 Å². The molecule has 0 spiro atoms. The summed E-state index contributed by atoms with van der Waals surface area (Å²) in [5.41, 5.74) is 1.09. The third kappa shape index (κ3) is 2.20. The predicted octanol–water partition coefficient (Wildman–Crippen LogP) is 2.27. The van der Waals surface area contributed by atoms with E-state index in [1.165, 1.54) is 0 Å². The normalized spacial score (nSPS) is 9.21. The molecule has 14 heavy (non-hydrogen) atoms. The Balaban J connectivity index is 2.97. The van der Waals surface area contributed by atoms with E-state index in [0.717, 1.165) is 23.5 Å². The minimum absolute atomic E-state index is 0.712. The zero-order valence-corrected chi connectivity index (χ0v) is 8.54. The maximum atomic E-state index is 5.27. The second-order valence-electron chi connectivity index (χ2n) is 2.86. The van der Waals surface area contributed by atoms with Crippen molar-refractivity contribution in [3.63, 3.8) is 0 Å². The average molecular weight is 190 g/mol. The fraction of sp³-hybridized carbons (Fsp3) is 0.333. The fourth-order valence-electron chi connectivity index (χ4n) is 1.36. The van der Waals surface area contributed by atoms with Crippen LogP contribution >= 0.6 is 0 Å². The van der Waals surface area contributed by atoms with E-state index in [4.69, 9.17) is 15.9 Å². The van der Waals surface area contributed by atoms with Gasteiger partial charge in [0, 0.05) is 6.42 Å². The highest BCUT2D eigenvalue weighted by Crippen LogP contribution is 2.31. The minimum atomic E-state index is 0.712. The van der Waals surface area contributed by atoms with Crippen LogP contribution in [0, 0.1) is 12.3 Å². The van der Waals surface area contributed by atoms with Gasteiger partial charge in [-0.2, -0.15) is 0 Å². The van der Waals surface area contributed by atoms with Crippen molar-refractivity contribution in [1.29, 1.82) is 0 Å². The minimum Gasteiger partial charge on any atom is -0.493 e. The summed E-state index contributed by atoms with van der Waals surface area (Å²) in [6.07, 6.45) is 6.74. The summed E-state index contributed by atoms with van der Waals surface area (Å²) in [6, 6.07) is 5.81. The van der Waals surface area contributed by atoms with Crippen LogP contribution in [0.5, 0.6) is 11.5 Å². The summed E-state index contributed by atoms with van der Waals surface area (Å²) in [5, 5.41) is 0. The van der Waals surface area contributed by atoms with Crippen molar-refractivity contribution >= 4 is 0 Å². The number of terminal acetylenes is 1. The monoisotopic (exact) mass is 190 g/mol. The van der Waals surface area contributed by atoms with Crippen LogP contribution in [0.25, 0.3) is 0 Å². The standard InChI is InChI=1S/C12H14O2/c1-4-5-7-10-8-6-9-11(13-2)12(10)14-3/h1,6,8-9H,5,7H2,2-3H3. The molecule has 0 unspecified atom stereocenters. The van der Waals surface area contributed by atoms with E-state index in [1.54, 1.807) is 14.2 Å². The van der Waals surface area contributed by atoms with E-state index in [9.17, 15) is 0 Å². The van der Waals surface area contributed by atoms with Gasteiger partial charge in [0.1, 0.15) is 0 Å². The predicted molar refractivity (Wildman–Crippen MR) is 56.7 cm³/mol. The lowest BCUT2D eigenvalue weighted by Gasteiger charge is -2.11. The lowest BCUT2D eigenvalue weighted by Crippen LogP contribution is -1.95. The Labute approximate surface area is 84.8 Å². The van der Waals surface area contributed by atoms with Crippen LogP contribution in [0.15, 0.2) is 18.2 Å². The van der Waals surface area contributed by atoms with Gasteiger partial charge in [0.2, 0.25) is 0 Å². The Morgan fingerprint density at radius 3 is 2.64 bits per heavy atom. The van der Waals surface area contributed by atoms with Gasteiger partial charge in [-0.1, -0.05) is 12.1 Å². The molecule has 74 valence electrons. The Bertz CT molecular complexity index is 337. The molecule has 0 aliphatic carbocycles. The first-order chi connectivity index (χ1) is 6.83. The summed E-state index contributed by atoms with van der Waals surface area (Å²) in [7, 11) is 3.26. The maximum Gasteiger partial charge on any atom is 0.163 e. The van der Waals surface area contributed by atoms with Crippen molar-refractivity contribution in [2.45, 2.75) is 12.8 Å². The van der Waals surface area contributed by atoms with Crippen molar-refractivity contribution in [3.05, 3.63) is 23.8 Å². The molecule has 2 heteroatoms. The summed E-state index contributed by atoms with van der Waals surface area (Å²) in [4.78, 5) is 0. The van der Waals surface area contributed by atoms with Crippen molar-refractivity contribution in [3.8, 4) is 23.8 Å². The molecule has 1 aromatic carbocycles. The highest BCUT2D eigenvalue weighted by molar-refractivity contribution is 5.46. The SMILES string of the molecule is C#CCCc1cccc(OC)c1OC. The number of benzene rings is 1. The zero-order valence-electron chi connectivity index (χ0n) is 8.54. The lowest BCUT2D eigenvalue weighted by molar-refractivity contribution is 0.351. The van der Waals surface area contributed by atoms with Crippen molar-refractivity contribution in [1.82, 2.24) is 0 Å². The molecule has 0 heterocycles. The van der Waals surface area contributed by atoms with Crippen LogP contribution in [0.1, 0.15) is 12.0 Å². The molecular formula is C12H14O2. The molecule has 1 rings (SSSR count). The Kier molecular flexibility index (Phi) is 3.87. The Morgan fingerprint density at radius 1 is 1.29 bits per heavy atom. The van der Waals surface area contributed by atoms with Crippen molar-refractivity contribution < 1.29 is 9.47 Å². The van der Waals surface area contributed by atoms with Crippen LogP contribution in [0.2, 0.25) is 0 Å². The first kappa shape index (κ1) is 10.5. The summed E-state index contributed by atoms with van der Waals surface area (Å²) in [5.74, 6) is 4.14. The number of aryl methyl sites for hydroxylation is 1. The molecule has 0 atom stereocenters. The lowest BCUT2D eigenvalue weighted by atomic mass is 10.1. The molecule has 0 aliphatic heterocycles. The summed E-state index contributed by atoms with van der Waals surface area (Å²) >= 11 is 0. The zero-order chi connectivity index (χ0) is 10.4. The third-order valence-corrected chi connectivity index (χ3v) is 2.02. The smallest absolute Gasteiger partial charge is 0.163 e. The van der Waals surface area contributed by atoms with Gasteiger partial charge >= 0.3 is 0 Å². The molecule has 1 aromatic rings. The van der Waals surface area contributed by atoms with Crippen LogP contribution in [0.4, 0.5) is 0 Å². The van der Waals surface area contributed by atoms with E-state index in [0.29, 0.717) is 6.42 Å². The average Bonchev–Trinajstić information content (AvgIpc) is 2.25. The van der Waals surface area contributed by atoms with Gasteiger partial charge < -0.3 is 9.47 Å². The molecule has 0 N–H and O–H groups in total. The van der Waals surface area contributed by atoms with Gasteiger partial charge in [-0.3, -0.25) is 0 Å². The quantitative estimate of drug-likeness (QED) is 0.678. The summed E-state index contributed by atoms with van der Waals surface area (Å²) < 4.78 is 10.5. The van der Waals surface area contributed by atoms with E-state index in [2.05, 4.69) is 5.92 Å². The van der Waals surface area contributed by atoms with Crippen LogP contribution in [-0.4, -0.2) is 14.2 Å². The number of ether oxygens (including phenoxy) is 2. The second kappa shape index (κ2) is 5.18. The maximum absolute atomic E-state index is 5.27. The number of rotatable bonds is 4. The molecule has 0 saturated carbocycles. The number of methoxy groups -OCH3 is 2. The van der Waals surface area contributed by atoms with E-state index < -0.39 is 0 Å². The van der Waals surface area contributed by atoms with Gasteiger partial charge in [-0.05, 0) is 18.1 Å². The first-order valence-electron chi connectivity index (χ1n) is 4.46. The molecule has 0 aliphatic rings. The van der Waals surface area contributed by atoms with Crippen LogP contribution in [0.3, 0.4) is 0 Å². The topological polar surface area (TPSA) is 18.5 Å².